The Hall–Kier alpha value is -4.12. The molecule has 0 saturated heterocycles. The second-order valence-corrected chi connectivity index (χ2v) is 11.8. The number of para-hydroxylation sites is 1. The summed E-state index contributed by atoms with van der Waals surface area (Å²) in [6, 6.07) is 14.4. The zero-order valence-corrected chi connectivity index (χ0v) is 26.0. The van der Waals surface area contributed by atoms with E-state index in [1.54, 1.807) is 39.0 Å². The maximum absolute atomic E-state index is 14.1. The van der Waals surface area contributed by atoms with Crippen LogP contribution in [0.15, 0.2) is 59.1 Å². The average Bonchev–Trinajstić information content (AvgIpc) is 3.08. The molecule has 3 aromatic rings. The van der Waals surface area contributed by atoms with E-state index in [2.05, 4.69) is 21.2 Å². The number of fused-ring (bicyclic) bond motifs is 2. The third kappa shape index (κ3) is 6.51. The molecule has 0 aromatic heterocycles. The van der Waals surface area contributed by atoms with Crippen LogP contribution in [0, 0.1) is 0 Å². The predicted molar refractivity (Wildman–Crippen MR) is 162 cm³/mol. The van der Waals surface area contributed by atoms with E-state index in [-0.39, 0.29) is 24.5 Å². The molecule has 0 saturated carbocycles. The summed E-state index contributed by atoms with van der Waals surface area (Å²) < 4.78 is 17.3. The number of ether oxygens (including phenoxy) is 3. The van der Waals surface area contributed by atoms with Crippen molar-refractivity contribution < 1.29 is 33.4 Å². The number of amides is 3. The topological polar surface area (TPSA) is 114 Å². The highest BCUT2D eigenvalue weighted by atomic mass is 79.9. The molecule has 3 amide bonds. The Morgan fingerprint density at radius 2 is 1.79 bits per heavy atom. The molecule has 3 aromatic carbocycles. The van der Waals surface area contributed by atoms with Crippen molar-refractivity contribution in [2.24, 2.45) is 0 Å². The molecule has 4 rings (SSSR count). The van der Waals surface area contributed by atoms with Crippen LogP contribution < -0.4 is 15.0 Å². The number of esters is 1. The number of likely N-dealkylation sites (N-methyl/N-ethyl adjacent to an activating group) is 1. The van der Waals surface area contributed by atoms with Crippen LogP contribution in [0.25, 0.3) is 10.8 Å². The van der Waals surface area contributed by atoms with Crippen LogP contribution in [-0.4, -0.2) is 67.2 Å². The highest BCUT2D eigenvalue weighted by molar-refractivity contribution is 9.10. The minimum atomic E-state index is -1.12. The van der Waals surface area contributed by atoms with Crippen LogP contribution in [-0.2, 0) is 25.6 Å². The van der Waals surface area contributed by atoms with Gasteiger partial charge in [0.15, 0.2) is 5.75 Å². The molecular formula is C31H34BrN3O7. The minimum absolute atomic E-state index is 0.132. The molecule has 42 heavy (non-hydrogen) atoms. The first kappa shape index (κ1) is 30.8. The molecule has 1 aliphatic rings. The van der Waals surface area contributed by atoms with E-state index < -0.39 is 41.6 Å². The highest BCUT2D eigenvalue weighted by Crippen LogP contribution is 2.37. The van der Waals surface area contributed by atoms with E-state index >= 15 is 0 Å². The lowest BCUT2D eigenvalue weighted by Gasteiger charge is -2.29. The molecule has 0 spiro atoms. The number of carbonyl (C=O) groups excluding carboxylic acids is 4. The van der Waals surface area contributed by atoms with E-state index in [0.29, 0.717) is 5.69 Å². The smallest absolute Gasteiger partial charge is 0.410 e. The number of benzene rings is 3. The van der Waals surface area contributed by atoms with Crippen molar-refractivity contribution in [3.05, 3.63) is 70.2 Å². The summed E-state index contributed by atoms with van der Waals surface area (Å²) in [4.78, 5) is 55.2. The number of rotatable bonds is 6. The van der Waals surface area contributed by atoms with E-state index in [1.807, 2.05) is 36.4 Å². The Kier molecular flexibility index (Phi) is 9.10. The van der Waals surface area contributed by atoms with Crippen molar-refractivity contribution in [3.63, 3.8) is 0 Å². The quantitative estimate of drug-likeness (QED) is 0.375. The van der Waals surface area contributed by atoms with Crippen molar-refractivity contribution in [2.75, 3.05) is 25.7 Å². The molecule has 1 heterocycles. The number of hydrogen-bond acceptors (Lipinski definition) is 7. The third-order valence-corrected chi connectivity index (χ3v) is 7.59. The van der Waals surface area contributed by atoms with Gasteiger partial charge in [0.2, 0.25) is 5.91 Å². The minimum Gasteiger partial charge on any atom is -0.488 e. The molecule has 1 aliphatic heterocycles. The van der Waals surface area contributed by atoms with Crippen LogP contribution >= 0.6 is 15.9 Å². The number of methoxy groups -OCH3 is 1. The molecule has 0 aliphatic carbocycles. The summed E-state index contributed by atoms with van der Waals surface area (Å²) in [6.45, 7) is 6.62. The monoisotopic (exact) mass is 639 g/mol. The SMILES string of the molecule is COC(=O)c1cccc2c1OC[C@H](NC(=O)[C@H](C)N(C)C(=O)OC(C)(C)C)C(=O)N2Cc1ccc(Br)c2ccccc12. The Balaban J connectivity index is 1.69. The molecule has 222 valence electrons. The van der Waals surface area contributed by atoms with Crippen molar-refractivity contribution in [2.45, 2.75) is 51.9 Å². The molecule has 0 bridgehead atoms. The zero-order chi connectivity index (χ0) is 30.8. The molecule has 10 nitrogen and oxygen atoms in total. The molecular weight excluding hydrogens is 606 g/mol. The normalized spacial score (nSPS) is 15.6. The fourth-order valence-electron chi connectivity index (χ4n) is 4.56. The summed E-state index contributed by atoms with van der Waals surface area (Å²) in [5.74, 6) is -1.46. The summed E-state index contributed by atoms with van der Waals surface area (Å²) in [7, 11) is 2.72. The van der Waals surface area contributed by atoms with Gasteiger partial charge >= 0.3 is 12.1 Å². The number of anilines is 1. The van der Waals surface area contributed by atoms with Crippen LogP contribution in [0.5, 0.6) is 5.75 Å². The second kappa shape index (κ2) is 12.4. The van der Waals surface area contributed by atoms with Gasteiger partial charge in [0.05, 0.1) is 19.3 Å². The van der Waals surface area contributed by atoms with E-state index in [1.165, 1.54) is 30.9 Å². The largest absolute Gasteiger partial charge is 0.488 e. The van der Waals surface area contributed by atoms with E-state index in [0.717, 1.165) is 20.8 Å². The van der Waals surface area contributed by atoms with Gasteiger partial charge < -0.3 is 24.4 Å². The van der Waals surface area contributed by atoms with E-state index in [9.17, 15) is 19.2 Å². The number of nitrogens with one attached hydrogen (secondary N) is 1. The van der Waals surface area contributed by atoms with Crippen LogP contribution in [0.3, 0.4) is 0 Å². The van der Waals surface area contributed by atoms with Crippen molar-refractivity contribution >= 4 is 56.3 Å². The van der Waals surface area contributed by atoms with Gasteiger partial charge in [-0.1, -0.05) is 52.3 Å². The summed E-state index contributed by atoms with van der Waals surface area (Å²) >= 11 is 3.59. The summed E-state index contributed by atoms with van der Waals surface area (Å²) in [5.41, 5.74) is 0.624. The van der Waals surface area contributed by atoms with Crippen LogP contribution in [0.2, 0.25) is 0 Å². The molecule has 0 unspecified atom stereocenters. The van der Waals surface area contributed by atoms with Crippen LogP contribution in [0.1, 0.15) is 43.6 Å². The summed E-state index contributed by atoms with van der Waals surface area (Å²) in [6.07, 6.45) is -0.674. The number of halogens is 1. The fraction of sp³-hybridized carbons (Fsp3) is 0.355. The summed E-state index contributed by atoms with van der Waals surface area (Å²) in [5, 5.41) is 4.65. The Bertz CT molecular complexity index is 1530. The van der Waals surface area contributed by atoms with Gasteiger partial charge in [-0.25, -0.2) is 9.59 Å². The van der Waals surface area contributed by atoms with Crippen molar-refractivity contribution in [1.29, 1.82) is 0 Å². The van der Waals surface area contributed by atoms with Crippen molar-refractivity contribution in [3.8, 4) is 5.75 Å². The lowest BCUT2D eigenvalue weighted by atomic mass is 10.0. The van der Waals surface area contributed by atoms with Gasteiger partial charge in [-0.3, -0.25) is 14.5 Å². The molecule has 2 atom stereocenters. The van der Waals surface area contributed by atoms with Gasteiger partial charge in [0.1, 0.15) is 29.9 Å². The predicted octanol–water partition coefficient (Wildman–Crippen LogP) is 5.05. The zero-order valence-electron chi connectivity index (χ0n) is 24.4. The molecule has 1 N–H and O–H groups in total. The first-order valence-electron chi connectivity index (χ1n) is 13.4. The number of carbonyl (C=O) groups is 4. The maximum Gasteiger partial charge on any atom is 0.410 e. The molecule has 0 radical (unpaired) electrons. The van der Waals surface area contributed by atoms with E-state index in [4.69, 9.17) is 14.2 Å². The molecule has 0 fully saturated rings. The standard InChI is InChI=1S/C31H34BrN3O7/c1-18(34(5)30(39)42-31(2,3)4)27(36)33-24-17-41-26-22(29(38)40-6)12-9-13-25(26)35(28(24)37)16-19-14-15-23(32)21-11-8-7-10-20(19)21/h7-15,18,24H,16-17H2,1-6H3,(H,33,36)/t18-,24-/m0/s1. The highest BCUT2D eigenvalue weighted by Gasteiger charge is 2.37. The third-order valence-electron chi connectivity index (χ3n) is 6.90. The Labute approximate surface area is 253 Å². The Morgan fingerprint density at radius 3 is 2.45 bits per heavy atom. The lowest BCUT2D eigenvalue weighted by molar-refractivity contribution is -0.130. The van der Waals surface area contributed by atoms with Crippen LogP contribution in [0.4, 0.5) is 10.5 Å². The first-order valence-corrected chi connectivity index (χ1v) is 14.2. The van der Waals surface area contributed by atoms with Gasteiger partial charge in [-0.2, -0.15) is 0 Å². The van der Waals surface area contributed by atoms with Gasteiger partial charge in [0, 0.05) is 11.5 Å². The second-order valence-electron chi connectivity index (χ2n) is 11.0. The van der Waals surface area contributed by atoms with Gasteiger partial charge in [-0.05, 0) is 62.2 Å². The first-order chi connectivity index (χ1) is 19.8. The van der Waals surface area contributed by atoms with Crippen molar-refractivity contribution in [1.82, 2.24) is 10.2 Å². The van der Waals surface area contributed by atoms with Gasteiger partial charge in [-0.15, -0.1) is 0 Å². The maximum atomic E-state index is 14.1. The Morgan fingerprint density at radius 1 is 1.10 bits per heavy atom. The number of nitrogens with zero attached hydrogens (tertiary/aromatic N) is 2. The lowest BCUT2D eigenvalue weighted by Crippen LogP contribution is -2.55. The number of hydrogen-bond donors (Lipinski definition) is 1. The molecule has 11 heteroatoms. The van der Waals surface area contributed by atoms with Gasteiger partial charge in [0.25, 0.3) is 5.91 Å². The average molecular weight is 641 g/mol. The fourth-order valence-corrected chi connectivity index (χ4v) is 5.04.